The topological polar surface area (TPSA) is 35.5 Å². The van der Waals surface area contributed by atoms with Crippen molar-refractivity contribution >= 4 is 21.9 Å². The predicted molar refractivity (Wildman–Crippen MR) is 60.1 cm³/mol. The number of halogens is 2. The van der Waals surface area contributed by atoms with Gasteiger partial charge in [0.15, 0.2) is 0 Å². The van der Waals surface area contributed by atoms with Gasteiger partial charge in [-0.15, -0.1) is 0 Å². The molecule has 0 amide bonds. The number of hydrogen-bond donors (Lipinski definition) is 0. The average Bonchev–Trinajstić information content (AvgIpc) is 2.20. The summed E-state index contributed by atoms with van der Waals surface area (Å²) in [6.07, 6.45) is 1.13. The molecule has 0 aliphatic heterocycles. The van der Waals surface area contributed by atoms with Crippen LogP contribution in [-0.4, -0.2) is 12.6 Å². The molecular formula is C11H12BrFO3. The van der Waals surface area contributed by atoms with Crippen LogP contribution in [0.5, 0.6) is 0 Å². The van der Waals surface area contributed by atoms with Crippen LogP contribution < -0.4 is 0 Å². The van der Waals surface area contributed by atoms with Crippen LogP contribution in [0.4, 0.5) is 4.39 Å². The maximum Gasteiger partial charge on any atom is 0.339 e. The Morgan fingerprint density at radius 1 is 1.50 bits per heavy atom. The molecule has 3 nitrogen and oxygen atoms in total. The molecule has 0 N–H and O–H groups in total. The fourth-order valence-electron chi connectivity index (χ4n) is 1.17. The van der Waals surface area contributed by atoms with Crippen LogP contribution in [-0.2, 0) is 21.0 Å². The lowest BCUT2D eigenvalue weighted by Crippen LogP contribution is -2.03. The number of hydrogen-bond acceptors (Lipinski definition) is 3. The highest BCUT2D eigenvalue weighted by atomic mass is 79.9. The summed E-state index contributed by atoms with van der Waals surface area (Å²) in [6, 6.07) is 4.92. The molecule has 0 radical (unpaired) electrons. The van der Waals surface area contributed by atoms with Crippen molar-refractivity contribution in [1.29, 1.82) is 0 Å². The number of carbonyl (C=O) groups is 1. The van der Waals surface area contributed by atoms with Crippen LogP contribution in [0.3, 0.4) is 0 Å². The van der Waals surface area contributed by atoms with Crippen LogP contribution in [0.25, 0.3) is 0 Å². The minimum Gasteiger partial charge on any atom is -0.299 e. The lowest BCUT2D eigenvalue weighted by Gasteiger charge is -2.04. The predicted octanol–water partition coefficient (Wildman–Crippen LogP) is 3.02. The summed E-state index contributed by atoms with van der Waals surface area (Å²) in [7, 11) is 0. The maximum absolute atomic E-state index is 13.3. The molecule has 0 aliphatic carbocycles. The lowest BCUT2D eigenvalue weighted by atomic mass is 10.1. The summed E-state index contributed by atoms with van der Waals surface area (Å²) in [6.45, 7) is 1.52. The minimum absolute atomic E-state index is 0.248. The number of aryl methyl sites for hydroxylation is 1. The van der Waals surface area contributed by atoms with Gasteiger partial charge < -0.3 is 0 Å². The van der Waals surface area contributed by atoms with Gasteiger partial charge in [0, 0.05) is 11.4 Å². The number of carbonyl (C=O) groups excluding carboxylic acids is 1. The van der Waals surface area contributed by atoms with Gasteiger partial charge in [-0.2, -0.15) is 4.89 Å². The van der Waals surface area contributed by atoms with Crippen molar-refractivity contribution < 1.29 is 19.0 Å². The van der Waals surface area contributed by atoms with E-state index in [0.29, 0.717) is 22.9 Å². The largest absolute Gasteiger partial charge is 0.339 e. The van der Waals surface area contributed by atoms with E-state index in [9.17, 15) is 9.18 Å². The summed E-state index contributed by atoms with van der Waals surface area (Å²) in [4.78, 5) is 19.2. The zero-order valence-electron chi connectivity index (χ0n) is 8.83. The highest BCUT2D eigenvalue weighted by molar-refractivity contribution is 9.10. The Balaban J connectivity index is 2.29. The average molecular weight is 291 g/mol. The van der Waals surface area contributed by atoms with Crippen molar-refractivity contribution in [2.75, 3.05) is 6.61 Å². The molecule has 1 aromatic carbocycles. The third-order valence-corrected chi connectivity index (χ3v) is 2.36. The molecule has 88 valence electrons. The van der Waals surface area contributed by atoms with E-state index in [4.69, 9.17) is 0 Å². The molecule has 0 saturated carbocycles. The van der Waals surface area contributed by atoms with Gasteiger partial charge in [0.05, 0.1) is 6.61 Å². The van der Waals surface area contributed by atoms with Crippen molar-refractivity contribution in [3.63, 3.8) is 0 Å². The van der Waals surface area contributed by atoms with Gasteiger partial charge in [0.25, 0.3) is 0 Å². The summed E-state index contributed by atoms with van der Waals surface area (Å²) in [5, 5.41) is 0. The standard InChI is InChI=1S/C11H12BrFO3/c1-8(14)16-15-6-2-3-9-4-5-10(12)7-11(9)13/h4-5,7H,2-3,6H2,1H3. The van der Waals surface area contributed by atoms with Gasteiger partial charge >= 0.3 is 5.97 Å². The van der Waals surface area contributed by atoms with E-state index >= 15 is 0 Å². The van der Waals surface area contributed by atoms with Crippen LogP contribution in [0.15, 0.2) is 22.7 Å². The molecule has 0 unspecified atom stereocenters. The van der Waals surface area contributed by atoms with Gasteiger partial charge in [0.2, 0.25) is 0 Å². The Labute approximate surface area is 102 Å². The molecule has 0 fully saturated rings. The smallest absolute Gasteiger partial charge is 0.299 e. The maximum atomic E-state index is 13.3. The molecule has 0 aliphatic rings. The van der Waals surface area contributed by atoms with Crippen LogP contribution in [0, 0.1) is 5.82 Å². The Morgan fingerprint density at radius 2 is 2.25 bits per heavy atom. The molecular weight excluding hydrogens is 279 g/mol. The summed E-state index contributed by atoms with van der Waals surface area (Å²) in [5.74, 6) is -0.739. The molecule has 5 heteroatoms. The zero-order valence-corrected chi connectivity index (χ0v) is 10.4. The number of benzene rings is 1. The molecule has 0 bridgehead atoms. The molecule has 0 aromatic heterocycles. The monoisotopic (exact) mass is 290 g/mol. The van der Waals surface area contributed by atoms with Crippen molar-refractivity contribution in [2.24, 2.45) is 0 Å². The second-order valence-electron chi connectivity index (χ2n) is 3.24. The van der Waals surface area contributed by atoms with E-state index in [1.807, 2.05) is 0 Å². The Hall–Kier alpha value is -0.940. The third kappa shape index (κ3) is 4.72. The summed E-state index contributed by atoms with van der Waals surface area (Å²) in [5.41, 5.74) is 0.620. The molecule has 1 aromatic rings. The van der Waals surface area contributed by atoms with Crippen LogP contribution >= 0.6 is 15.9 Å². The van der Waals surface area contributed by atoms with Gasteiger partial charge in [-0.1, -0.05) is 22.0 Å². The molecule has 0 heterocycles. The first-order chi connectivity index (χ1) is 7.59. The second-order valence-corrected chi connectivity index (χ2v) is 4.15. The first-order valence-electron chi connectivity index (χ1n) is 4.83. The van der Waals surface area contributed by atoms with E-state index in [2.05, 4.69) is 25.7 Å². The van der Waals surface area contributed by atoms with Gasteiger partial charge in [-0.05, 0) is 30.5 Å². The Morgan fingerprint density at radius 3 is 2.88 bits per heavy atom. The van der Waals surface area contributed by atoms with E-state index in [-0.39, 0.29) is 12.4 Å². The normalized spacial score (nSPS) is 10.2. The fourth-order valence-corrected chi connectivity index (χ4v) is 1.50. The summed E-state index contributed by atoms with van der Waals surface area (Å²) < 4.78 is 14.0. The Bertz CT molecular complexity index is 368. The molecule has 1 rings (SSSR count). The van der Waals surface area contributed by atoms with Crippen molar-refractivity contribution in [2.45, 2.75) is 19.8 Å². The lowest BCUT2D eigenvalue weighted by molar-refractivity contribution is -0.270. The SMILES string of the molecule is CC(=O)OOCCCc1ccc(Br)cc1F. The van der Waals surface area contributed by atoms with Gasteiger partial charge in [-0.3, -0.25) is 4.89 Å². The highest BCUT2D eigenvalue weighted by Gasteiger charge is 2.03. The fraction of sp³-hybridized carbons (Fsp3) is 0.364. The molecule has 0 atom stereocenters. The Kier molecular flexibility index (Phi) is 5.42. The quantitative estimate of drug-likeness (QED) is 0.475. The van der Waals surface area contributed by atoms with E-state index in [0.717, 1.165) is 0 Å². The molecule has 16 heavy (non-hydrogen) atoms. The first-order valence-corrected chi connectivity index (χ1v) is 5.63. The van der Waals surface area contributed by atoms with Crippen LogP contribution in [0.2, 0.25) is 0 Å². The second kappa shape index (κ2) is 6.60. The van der Waals surface area contributed by atoms with Crippen LogP contribution in [0.1, 0.15) is 18.9 Å². The number of rotatable bonds is 5. The van der Waals surface area contributed by atoms with Crippen molar-refractivity contribution in [3.05, 3.63) is 34.1 Å². The van der Waals surface area contributed by atoms with Crippen molar-refractivity contribution in [3.8, 4) is 0 Å². The third-order valence-electron chi connectivity index (χ3n) is 1.87. The summed E-state index contributed by atoms with van der Waals surface area (Å²) >= 11 is 3.18. The first kappa shape index (κ1) is 13.1. The van der Waals surface area contributed by atoms with Gasteiger partial charge in [0.1, 0.15) is 5.82 Å². The highest BCUT2D eigenvalue weighted by Crippen LogP contribution is 2.16. The van der Waals surface area contributed by atoms with Crippen molar-refractivity contribution in [1.82, 2.24) is 0 Å². The zero-order chi connectivity index (χ0) is 12.0. The minimum atomic E-state index is -0.491. The van der Waals surface area contributed by atoms with Gasteiger partial charge in [-0.25, -0.2) is 9.18 Å². The van der Waals surface area contributed by atoms with E-state index in [1.54, 1.807) is 12.1 Å². The molecule has 0 spiro atoms. The van der Waals surface area contributed by atoms with E-state index in [1.165, 1.54) is 13.0 Å². The van der Waals surface area contributed by atoms with E-state index < -0.39 is 5.97 Å². The molecule has 0 saturated heterocycles.